The average molecular weight is 256 g/mol. The van der Waals surface area contributed by atoms with E-state index in [1.165, 1.54) is 6.42 Å². The van der Waals surface area contributed by atoms with Gasteiger partial charge in [-0.2, -0.15) is 0 Å². The quantitative estimate of drug-likeness (QED) is 0.772. The second kappa shape index (κ2) is 5.76. The van der Waals surface area contributed by atoms with Crippen LogP contribution in [0.1, 0.15) is 24.4 Å². The molecule has 1 aliphatic rings. The van der Waals surface area contributed by atoms with Crippen LogP contribution in [0.5, 0.6) is 0 Å². The van der Waals surface area contributed by atoms with Crippen molar-refractivity contribution in [1.29, 1.82) is 0 Å². The van der Waals surface area contributed by atoms with Crippen molar-refractivity contribution < 1.29 is 4.74 Å². The topological polar surface area (TPSA) is 38.2 Å². The molecule has 1 aromatic rings. The molecule has 1 atom stereocenters. The lowest BCUT2D eigenvalue weighted by atomic mass is 10.2. The maximum absolute atomic E-state index is 5.91. The van der Waals surface area contributed by atoms with Crippen LogP contribution in [-0.2, 0) is 11.3 Å². The highest BCUT2D eigenvalue weighted by molar-refractivity contribution is 6.29. The minimum absolute atomic E-state index is 0.361. The lowest BCUT2D eigenvalue weighted by Crippen LogP contribution is -2.29. The molecule has 0 bridgehead atoms. The largest absolute Gasteiger partial charge is 0.377 e. The van der Waals surface area contributed by atoms with Gasteiger partial charge in [0.25, 0.3) is 0 Å². The third-order valence-corrected chi connectivity index (χ3v) is 3.01. The first-order valence-electron chi connectivity index (χ1n) is 5.93. The maximum atomic E-state index is 5.91. The molecule has 0 amide bonds. The van der Waals surface area contributed by atoms with Gasteiger partial charge in [0.1, 0.15) is 11.0 Å². The molecule has 94 valence electrons. The molecular weight excluding hydrogens is 238 g/mol. The van der Waals surface area contributed by atoms with E-state index in [4.69, 9.17) is 16.3 Å². The highest BCUT2D eigenvalue weighted by Crippen LogP contribution is 2.14. The molecule has 1 aromatic heterocycles. The van der Waals surface area contributed by atoms with Gasteiger partial charge in [-0.05, 0) is 32.9 Å². The zero-order chi connectivity index (χ0) is 12.3. The molecule has 1 fully saturated rings. The number of ether oxygens (including phenoxy) is 1. The first-order chi connectivity index (χ1) is 8.13. The summed E-state index contributed by atoms with van der Waals surface area (Å²) in [4.78, 5) is 10.8. The maximum Gasteiger partial charge on any atom is 0.144 e. The van der Waals surface area contributed by atoms with E-state index < -0.39 is 0 Å². The molecule has 1 unspecified atom stereocenters. The van der Waals surface area contributed by atoms with E-state index in [0.29, 0.717) is 17.8 Å². The number of aryl methyl sites for hydroxylation is 1. The Hall–Kier alpha value is -0.710. The Morgan fingerprint density at radius 3 is 3.00 bits per heavy atom. The van der Waals surface area contributed by atoms with Crippen LogP contribution in [0.25, 0.3) is 0 Å². The third-order valence-electron chi connectivity index (χ3n) is 2.82. The highest BCUT2D eigenvalue weighted by Gasteiger charge is 2.17. The van der Waals surface area contributed by atoms with E-state index in [1.54, 1.807) is 6.07 Å². The van der Waals surface area contributed by atoms with Gasteiger partial charge in [0.15, 0.2) is 0 Å². The minimum atomic E-state index is 0.361. The van der Waals surface area contributed by atoms with Gasteiger partial charge in [-0.3, -0.25) is 4.90 Å². The summed E-state index contributed by atoms with van der Waals surface area (Å²) in [5.74, 6) is 0.774. The van der Waals surface area contributed by atoms with Crippen molar-refractivity contribution in [2.24, 2.45) is 0 Å². The third kappa shape index (κ3) is 3.91. The Balaban J connectivity index is 1.90. The van der Waals surface area contributed by atoms with Crippen molar-refractivity contribution in [3.63, 3.8) is 0 Å². The molecule has 1 aliphatic heterocycles. The standard InChI is InChI=1S/C12H18ClN3O/c1-9-6-11(13)15-12(14-9)8-16(2)7-10-4-3-5-17-10/h6,10H,3-5,7-8H2,1-2H3. The lowest BCUT2D eigenvalue weighted by Gasteiger charge is -2.19. The van der Waals surface area contributed by atoms with E-state index in [0.717, 1.165) is 31.1 Å². The first kappa shape index (κ1) is 12.7. The Morgan fingerprint density at radius 1 is 1.53 bits per heavy atom. The Bertz CT molecular complexity index is 360. The fraction of sp³-hybridized carbons (Fsp3) is 0.667. The summed E-state index contributed by atoms with van der Waals surface area (Å²) in [6.07, 6.45) is 2.69. The van der Waals surface area contributed by atoms with Gasteiger partial charge in [-0.25, -0.2) is 9.97 Å². The molecule has 17 heavy (non-hydrogen) atoms. The van der Waals surface area contributed by atoms with Crippen LogP contribution in [0.15, 0.2) is 6.07 Å². The van der Waals surface area contributed by atoms with Gasteiger partial charge < -0.3 is 4.74 Å². The molecule has 0 aromatic carbocycles. The molecule has 0 saturated carbocycles. The zero-order valence-corrected chi connectivity index (χ0v) is 11.1. The Morgan fingerprint density at radius 2 is 2.35 bits per heavy atom. The lowest BCUT2D eigenvalue weighted by molar-refractivity contribution is 0.0786. The molecule has 0 N–H and O–H groups in total. The van der Waals surface area contributed by atoms with E-state index in [2.05, 4.69) is 21.9 Å². The predicted molar refractivity (Wildman–Crippen MR) is 67.1 cm³/mol. The number of halogens is 1. The van der Waals surface area contributed by atoms with E-state index >= 15 is 0 Å². The molecule has 5 heteroatoms. The van der Waals surface area contributed by atoms with Crippen LogP contribution in [-0.4, -0.2) is 41.2 Å². The van der Waals surface area contributed by atoms with Crippen molar-refractivity contribution in [3.05, 3.63) is 22.7 Å². The molecule has 2 rings (SSSR count). The van der Waals surface area contributed by atoms with Gasteiger partial charge in [0.05, 0.1) is 12.6 Å². The minimum Gasteiger partial charge on any atom is -0.377 e. The summed E-state index contributed by atoms with van der Waals surface area (Å²) in [7, 11) is 2.06. The molecule has 1 saturated heterocycles. The molecule has 0 aliphatic carbocycles. The molecule has 2 heterocycles. The van der Waals surface area contributed by atoms with Gasteiger partial charge in [0, 0.05) is 18.8 Å². The fourth-order valence-electron chi connectivity index (χ4n) is 2.10. The second-order valence-corrected chi connectivity index (χ2v) is 4.97. The number of likely N-dealkylation sites (N-methyl/N-ethyl adjacent to an activating group) is 1. The second-order valence-electron chi connectivity index (χ2n) is 4.58. The summed E-state index contributed by atoms with van der Waals surface area (Å²) in [6.45, 7) is 4.46. The van der Waals surface area contributed by atoms with E-state index in [9.17, 15) is 0 Å². The van der Waals surface area contributed by atoms with Crippen LogP contribution in [0.2, 0.25) is 5.15 Å². The normalized spacial score (nSPS) is 20.1. The Labute approximate surface area is 107 Å². The molecular formula is C12H18ClN3O. The van der Waals surface area contributed by atoms with Gasteiger partial charge >= 0.3 is 0 Å². The van der Waals surface area contributed by atoms with Gasteiger partial charge in [-0.1, -0.05) is 11.6 Å². The first-order valence-corrected chi connectivity index (χ1v) is 6.31. The highest BCUT2D eigenvalue weighted by atomic mass is 35.5. The van der Waals surface area contributed by atoms with Crippen molar-refractivity contribution >= 4 is 11.6 Å². The van der Waals surface area contributed by atoms with Crippen LogP contribution in [0.3, 0.4) is 0 Å². The van der Waals surface area contributed by atoms with E-state index in [-0.39, 0.29) is 0 Å². The molecule has 0 radical (unpaired) electrons. The van der Waals surface area contributed by atoms with Crippen molar-refractivity contribution in [2.45, 2.75) is 32.4 Å². The number of hydrogen-bond acceptors (Lipinski definition) is 4. The summed E-state index contributed by atoms with van der Waals surface area (Å²) in [5.41, 5.74) is 0.908. The van der Waals surface area contributed by atoms with E-state index in [1.807, 2.05) is 6.92 Å². The number of aromatic nitrogens is 2. The number of hydrogen-bond donors (Lipinski definition) is 0. The SMILES string of the molecule is Cc1cc(Cl)nc(CN(C)CC2CCCO2)n1. The molecule has 0 spiro atoms. The van der Waals surface area contributed by atoms with Crippen molar-refractivity contribution in [3.8, 4) is 0 Å². The number of rotatable bonds is 4. The van der Waals surface area contributed by atoms with Gasteiger partial charge in [0.2, 0.25) is 0 Å². The number of nitrogens with zero attached hydrogens (tertiary/aromatic N) is 3. The summed E-state index contributed by atoms with van der Waals surface area (Å²) >= 11 is 5.91. The fourth-order valence-corrected chi connectivity index (χ4v) is 2.36. The van der Waals surface area contributed by atoms with Crippen LogP contribution in [0, 0.1) is 6.92 Å². The van der Waals surface area contributed by atoms with Crippen LogP contribution < -0.4 is 0 Å². The molecule has 4 nitrogen and oxygen atoms in total. The summed E-state index contributed by atoms with van der Waals surface area (Å²) in [5, 5.41) is 0.512. The summed E-state index contributed by atoms with van der Waals surface area (Å²) < 4.78 is 5.60. The predicted octanol–water partition coefficient (Wildman–Crippen LogP) is 2.05. The average Bonchev–Trinajstić information content (AvgIpc) is 2.67. The Kier molecular flexibility index (Phi) is 4.31. The smallest absolute Gasteiger partial charge is 0.144 e. The van der Waals surface area contributed by atoms with Gasteiger partial charge in [-0.15, -0.1) is 0 Å². The zero-order valence-electron chi connectivity index (χ0n) is 10.3. The monoisotopic (exact) mass is 255 g/mol. The van der Waals surface area contributed by atoms with Crippen LogP contribution in [0.4, 0.5) is 0 Å². The van der Waals surface area contributed by atoms with Crippen molar-refractivity contribution in [1.82, 2.24) is 14.9 Å². The van der Waals surface area contributed by atoms with Crippen molar-refractivity contribution in [2.75, 3.05) is 20.2 Å². The van der Waals surface area contributed by atoms with Crippen LogP contribution >= 0.6 is 11.6 Å². The summed E-state index contributed by atoms with van der Waals surface area (Å²) in [6, 6.07) is 1.77.